The van der Waals surface area contributed by atoms with E-state index in [1.54, 1.807) is 12.1 Å². The maximum absolute atomic E-state index is 12.5. The molecule has 0 spiro atoms. The molecule has 0 atom stereocenters. The summed E-state index contributed by atoms with van der Waals surface area (Å²) in [5, 5.41) is 10.9. The van der Waals surface area contributed by atoms with E-state index in [2.05, 4.69) is 0 Å². The Balaban J connectivity index is 2.64. The Hall–Kier alpha value is -2.88. The minimum absolute atomic E-state index is 0.0195. The molecule has 1 heterocycles. The van der Waals surface area contributed by atoms with Crippen molar-refractivity contribution in [2.24, 2.45) is 7.05 Å². The van der Waals surface area contributed by atoms with Crippen LogP contribution in [0.4, 0.5) is 0 Å². The number of benzene rings is 2. The van der Waals surface area contributed by atoms with Crippen LogP contribution in [-0.2, 0) is 7.05 Å². The van der Waals surface area contributed by atoms with Crippen molar-refractivity contribution in [3.63, 3.8) is 0 Å². The maximum Gasteiger partial charge on any atom is 0.353 e. The van der Waals surface area contributed by atoms with Crippen LogP contribution in [0.2, 0.25) is 0 Å². The van der Waals surface area contributed by atoms with Crippen LogP contribution in [0.1, 0.15) is 21.6 Å². The molecule has 0 saturated heterocycles. The molecule has 0 aliphatic heterocycles. The van der Waals surface area contributed by atoms with E-state index >= 15 is 0 Å². The molecule has 0 aliphatic rings. The Morgan fingerprint density at radius 2 is 1.48 bits per heavy atom. The lowest BCUT2D eigenvalue weighted by Crippen LogP contribution is -2.25. The number of aromatic carboxylic acids is 1. The number of fused-ring (bicyclic) bond motifs is 1. The summed E-state index contributed by atoms with van der Waals surface area (Å²) in [6.45, 7) is 3.90. The lowest BCUT2D eigenvalue weighted by molar-refractivity contribution is 0.0686. The number of hydrogen-bond donors (Lipinski definition) is 1. The molecule has 0 unspecified atom stereocenters. The summed E-state index contributed by atoms with van der Waals surface area (Å²) in [5.74, 6) is -1.10. The zero-order chi connectivity index (χ0) is 16.7. The van der Waals surface area contributed by atoms with Crippen LogP contribution in [0.15, 0.2) is 47.3 Å². The number of aromatic nitrogens is 1. The molecule has 0 radical (unpaired) electrons. The number of carboxylic acid groups (broad SMARTS) is 1. The van der Waals surface area contributed by atoms with Gasteiger partial charge in [0.15, 0.2) is 0 Å². The van der Waals surface area contributed by atoms with Crippen LogP contribution >= 0.6 is 0 Å². The van der Waals surface area contributed by atoms with Gasteiger partial charge in [-0.05, 0) is 42.0 Å². The number of pyridine rings is 1. The van der Waals surface area contributed by atoms with Crippen molar-refractivity contribution in [1.82, 2.24) is 4.57 Å². The fraction of sp³-hybridized carbons (Fsp3) is 0.158. The first-order valence-corrected chi connectivity index (χ1v) is 7.35. The first-order chi connectivity index (χ1) is 10.9. The number of aryl methyl sites for hydroxylation is 2. The summed E-state index contributed by atoms with van der Waals surface area (Å²) in [7, 11) is 1.51. The van der Waals surface area contributed by atoms with Gasteiger partial charge in [-0.25, -0.2) is 4.79 Å². The number of hydrogen-bond acceptors (Lipinski definition) is 2. The van der Waals surface area contributed by atoms with Crippen LogP contribution in [-0.4, -0.2) is 15.6 Å². The average Bonchev–Trinajstić information content (AvgIpc) is 2.51. The standard InChI is InChI=1S/C19H17NO3/c1-11-7-6-8-12(2)15(11)16-13-9-4-5-10-14(13)18(21)20(3)17(16)19(22)23/h4-10H,1-3H3,(H,22,23). The van der Waals surface area contributed by atoms with E-state index in [-0.39, 0.29) is 11.3 Å². The number of carbonyl (C=O) groups is 1. The smallest absolute Gasteiger partial charge is 0.353 e. The van der Waals surface area contributed by atoms with Crippen LogP contribution < -0.4 is 5.56 Å². The van der Waals surface area contributed by atoms with Crippen LogP contribution in [0.5, 0.6) is 0 Å². The van der Waals surface area contributed by atoms with Crippen molar-refractivity contribution < 1.29 is 9.90 Å². The first-order valence-electron chi connectivity index (χ1n) is 7.35. The van der Waals surface area contributed by atoms with Gasteiger partial charge in [-0.2, -0.15) is 0 Å². The molecule has 1 aromatic heterocycles. The lowest BCUT2D eigenvalue weighted by Gasteiger charge is -2.18. The molecule has 1 N–H and O–H groups in total. The highest BCUT2D eigenvalue weighted by Gasteiger charge is 2.22. The third-order valence-corrected chi connectivity index (χ3v) is 4.24. The lowest BCUT2D eigenvalue weighted by atomic mass is 9.90. The SMILES string of the molecule is Cc1cccc(C)c1-c1c(C(=O)O)n(C)c(=O)c2ccccc12. The van der Waals surface area contributed by atoms with E-state index < -0.39 is 5.97 Å². The Morgan fingerprint density at radius 1 is 0.913 bits per heavy atom. The van der Waals surface area contributed by atoms with Gasteiger partial charge in [0.25, 0.3) is 5.56 Å². The molecule has 23 heavy (non-hydrogen) atoms. The minimum atomic E-state index is -1.10. The van der Waals surface area contributed by atoms with E-state index in [4.69, 9.17) is 0 Å². The van der Waals surface area contributed by atoms with Crippen molar-refractivity contribution in [2.45, 2.75) is 13.8 Å². The molecular weight excluding hydrogens is 290 g/mol. The topological polar surface area (TPSA) is 59.3 Å². The summed E-state index contributed by atoms with van der Waals surface area (Å²) >= 11 is 0. The van der Waals surface area contributed by atoms with E-state index in [0.717, 1.165) is 16.7 Å². The number of nitrogens with zero attached hydrogens (tertiary/aromatic N) is 1. The van der Waals surface area contributed by atoms with Crippen molar-refractivity contribution in [3.8, 4) is 11.1 Å². The Kier molecular flexibility index (Phi) is 3.52. The highest BCUT2D eigenvalue weighted by atomic mass is 16.4. The number of carboxylic acids is 1. The summed E-state index contributed by atoms with van der Waals surface area (Å²) in [4.78, 5) is 24.4. The van der Waals surface area contributed by atoms with Gasteiger partial charge >= 0.3 is 5.97 Å². The Morgan fingerprint density at radius 3 is 2.04 bits per heavy atom. The highest BCUT2D eigenvalue weighted by molar-refractivity contribution is 6.07. The zero-order valence-corrected chi connectivity index (χ0v) is 13.3. The first kappa shape index (κ1) is 15.0. The second-order valence-corrected chi connectivity index (χ2v) is 5.71. The van der Waals surface area contributed by atoms with Crippen molar-refractivity contribution in [1.29, 1.82) is 0 Å². The molecule has 0 bridgehead atoms. The molecule has 116 valence electrons. The third kappa shape index (κ3) is 2.23. The summed E-state index contributed by atoms with van der Waals surface area (Å²) < 4.78 is 1.23. The van der Waals surface area contributed by atoms with Gasteiger partial charge in [-0.15, -0.1) is 0 Å². The molecule has 4 nitrogen and oxygen atoms in total. The van der Waals surface area contributed by atoms with Gasteiger partial charge in [0, 0.05) is 18.0 Å². The van der Waals surface area contributed by atoms with Gasteiger partial charge in [0.1, 0.15) is 5.69 Å². The predicted molar refractivity (Wildman–Crippen MR) is 91.1 cm³/mol. The Bertz CT molecular complexity index is 979. The van der Waals surface area contributed by atoms with E-state index in [1.807, 2.05) is 44.2 Å². The van der Waals surface area contributed by atoms with Crippen molar-refractivity contribution in [2.75, 3.05) is 0 Å². The van der Waals surface area contributed by atoms with Crippen LogP contribution in [0, 0.1) is 13.8 Å². The fourth-order valence-corrected chi connectivity index (χ4v) is 3.18. The van der Waals surface area contributed by atoms with Crippen LogP contribution in [0.3, 0.4) is 0 Å². The van der Waals surface area contributed by atoms with E-state index in [0.29, 0.717) is 16.3 Å². The molecule has 3 aromatic rings. The van der Waals surface area contributed by atoms with Crippen molar-refractivity contribution >= 4 is 16.7 Å². The monoisotopic (exact) mass is 307 g/mol. The summed E-state index contributed by atoms with van der Waals surface area (Å²) in [6.07, 6.45) is 0. The third-order valence-electron chi connectivity index (χ3n) is 4.24. The molecule has 2 aromatic carbocycles. The molecule has 0 saturated carbocycles. The molecule has 4 heteroatoms. The molecule has 0 fully saturated rings. The van der Waals surface area contributed by atoms with Crippen LogP contribution in [0.25, 0.3) is 21.9 Å². The Labute approximate surface area is 133 Å². The molecule has 3 rings (SSSR count). The predicted octanol–water partition coefficient (Wildman–Crippen LogP) is 3.52. The fourth-order valence-electron chi connectivity index (χ4n) is 3.18. The van der Waals surface area contributed by atoms with Gasteiger partial charge in [-0.1, -0.05) is 36.4 Å². The van der Waals surface area contributed by atoms with Gasteiger partial charge in [0.2, 0.25) is 0 Å². The summed E-state index contributed by atoms with van der Waals surface area (Å²) in [5.41, 5.74) is 3.16. The minimum Gasteiger partial charge on any atom is -0.477 e. The van der Waals surface area contributed by atoms with E-state index in [9.17, 15) is 14.7 Å². The highest BCUT2D eigenvalue weighted by Crippen LogP contribution is 2.34. The summed E-state index contributed by atoms with van der Waals surface area (Å²) in [6, 6.07) is 13.0. The number of rotatable bonds is 2. The second kappa shape index (κ2) is 5.39. The van der Waals surface area contributed by atoms with Crippen molar-refractivity contribution in [3.05, 3.63) is 69.6 Å². The molecule has 0 amide bonds. The van der Waals surface area contributed by atoms with Gasteiger partial charge < -0.3 is 9.67 Å². The second-order valence-electron chi connectivity index (χ2n) is 5.71. The quantitative estimate of drug-likeness (QED) is 0.788. The normalized spacial score (nSPS) is 10.9. The zero-order valence-electron chi connectivity index (χ0n) is 13.3. The average molecular weight is 307 g/mol. The molecular formula is C19H17NO3. The molecule has 0 aliphatic carbocycles. The van der Waals surface area contributed by atoms with E-state index in [1.165, 1.54) is 11.6 Å². The van der Waals surface area contributed by atoms with Gasteiger partial charge in [-0.3, -0.25) is 4.79 Å². The largest absolute Gasteiger partial charge is 0.477 e. The van der Waals surface area contributed by atoms with Gasteiger partial charge in [0.05, 0.1) is 0 Å². The maximum atomic E-state index is 12.5.